The second-order valence-corrected chi connectivity index (χ2v) is 6.38. The summed E-state index contributed by atoms with van der Waals surface area (Å²) in [7, 11) is 0. The first-order chi connectivity index (χ1) is 12.5. The van der Waals surface area contributed by atoms with E-state index in [1.54, 1.807) is 11.1 Å². The van der Waals surface area contributed by atoms with Crippen LogP contribution in [0.3, 0.4) is 0 Å². The molecule has 0 radical (unpaired) electrons. The smallest absolute Gasteiger partial charge is 0.274 e. The minimum absolute atomic E-state index is 0.0554. The molecule has 0 aliphatic heterocycles. The zero-order valence-electron chi connectivity index (χ0n) is 15.6. The van der Waals surface area contributed by atoms with E-state index in [2.05, 4.69) is 15.3 Å². The maximum Gasteiger partial charge on any atom is 0.274 e. The van der Waals surface area contributed by atoms with E-state index in [1.165, 1.54) is 6.20 Å². The molecule has 26 heavy (non-hydrogen) atoms. The van der Waals surface area contributed by atoms with Crippen LogP contribution in [0, 0.1) is 6.92 Å². The highest BCUT2D eigenvalue weighted by atomic mass is 16.2. The highest BCUT2D eigenvalue weighted by Crippen LogP contribution is 2.09. The van der Waals surface area contributed by atoms with Crippen LogP contribution in [0.4, 0.5) is 0 Å². The van der Waals surface area contributed by atoms with Crippen LogP contribution in [0.15, 0.2) is 42.7 Å². The van der Waals surface area contributed by atoms with Crippen molar-refractivity contribution >= 4 is 11.8 Å². The summed E-state index contributed by atoms with van der Waals surface area (Å²) in [6.45, 7) is 6.55. The van der Waals surface area contributed by atoms with Crippen molar-refractivity contribution in [1.82, 2.24) is 20.2 Å². The molecule has 1 aromatic carbocycles. The highest BCUT2D eigenvalue weighted by Gasteiger charge is 2.19. The average molecular weight is 354 g/mol. The van der Waals surface area contributed by atoms with Gasteiger partial charge in [-0.1, -0.05) is 37.3 Å². The number of nitrogens with zero attached hydrogens (tertiary/aromatic N) is 3. The van der Waals surface area contributed by atoms with Gasteiger partial charge in [-0.2, -0.15) is 0 Å². The minimum Gasteiger partial charge on any atom is -0.354 e. The Hall–Kier alpha value is -2.76. The molecule has 6 nitrogen and oxygen atoms in total. The van der Waals surface area contributed by atoms with Crippen LogP contribution in [0.25, 0.3) is 0 Å². The van der Waals surface area contributed by atoms with Gasteiger partial charge in [0.05, 0.1) is 11.9 Å². The van der Waals surface area contributed by atoms with E-state index in [-0.39, 0.29) is 30.0 Å². The van der Waals surface area contributed by atoms with Crippen LogP contribution in [-0.2, 0) is 11.3 Å². The summed E-state index contributed by atoms with van der Waals surface area (Å²) in [6, 6.07) is 9.84. The SMILES string of the molecule is CCC(C)NC(=O)CCN(Cc1ccccc1)C(=O)c1cnc(C)cn1. The maximum atomic E-state index is 12.8. The zero-order valence-corrected chi connectivity index (χ0v) is 15.6. The fourth-order valence-electron chi connectivity index (χ4n) is 2.41. The number of aryl methyl sites for hydroxylation is 1. The molecule has 0 aliphatic rings. The Bertz CT molecular complexity index is 716. The third-order valence-corrected chi connectivity index (χ3v) is 4.13. The lowest BCUT2D eigenvalue weighted by Crippen LogP contribution is -2.37. The van der Waals surface area contributed by atoms with Crippen molar-refractivity contribution < 1.29 is 9.59 Å². The molecule has 0 saturated carbocycles. The van der Waals surface area contributed by atoms with Gasteiger partial charge in [0.2, 0.25) is 5.91 Å². The fraction of sp³-hybridized carbons (Fsp3) is 0.400. The second-order valence-electron chi connectivity index (χ2n) is 6.38. The number of benzene rings is 1. The normalized spacial score (nSPS) is 11.7. The number of aromatic nitrogens is 2. The molecule has 1 N–H and O–H groups in total. The minimum atomic E-state index is -0.224. The Morgan fingerprint density at radius 2 is 1.88 bits per heavy atom. The van der Waals surface area contributed by atoms with Crippen molar-refractivity contribution in [3.63, 3.8) is 0 Å². The molecular formula is C20H26N4O2. The molecule has 1 heterocycles. The fourth-order valence-corrected chi connectivity index (χ4v) is 2.41. The molecule has 138 valence electrons. The third kappa shape index (κ3) is 5.95. The Kier molecular flexibility index (Phi) is 7.26. The Labute approximate surface area is 154 Å². The number of amides is 2. The highest BCUT2D eigenvalue weighted by molar-refractivity contribution is 5.92. The van der Waals surface area contributed by atoms with Gasteiger partial charge in [0, 0.05) is 31.7 Å². The standard InChI is InChI=1S/C20H26N4O2/c1-4-15(2)23-19(25)10-11-24(14-17-8-6-5-7-9-17)20(26)18-13-21-16(3)12-22-18/h5-9,12-13,15H,4,10-11,14H2,1-3H3,(H,23,25). The summed E-state index contributed by atoms with van der Waals surface area (Å²) >= 11 is 0. The summed E-state index contributed by atoms with van der Waals surface area (Å²) in [5, 5.41) is 2.93. The number of hydrogen-bond donors (Lipinski definition) is 1. The van der Waals surface area contributed by atoms with Gasteiger partial charge < -0.3 is 10.2 Å². The summed E-state index contributed by atoms with van der Waals surface area (Å²) in [5.74, 6) is -0.280. The molecule has 2 aromatic rings. The lowest BCUT2D eigenvalue weighted by atomic mass is 10.2. The third-order valence-electron chi connectivity index (χ3n) is 4.13. The molecule has 0 bridgehead atoms. The number of rotatable bonds is 8. The molecule has 1 unspecified atom stereocenters. The van der Waals surface area contributed by atoms with Gasteiger partial charge in [-0.05, 0) is 25.8 Å². The first-order valence-electron chi connectivity index (χ1n) is 8.90. The Morgan fingerprint density at radius 1 is 1.15 bits per heavy atom. The van der Waals surface area contributed by atoms with E-state index in [4.69, 9.17) is 0 Å². The van der Waals surface area contributed by atoms with Gasteiger partial charge in [-0.25, -0.2) is 4.98 Å². The van der Waals surface area contributed by atoms with Gasteiger partial charge >= 0.3 is 0 Å². The van der Waals surface area contributed by atoms with E-state index in [9.17, 15) is 9.59 Å². The van der Waals surface area contributed by atoms with Crippen LogP contribution in [0.1, 0.15) is 48.4 Å². The molecule has 2 rings (SSSR count). The molecule has 6 heteroatoms. The Balaban J connectivity index is 2.09. The first-order valence-corrected chi connectivity index (χ1v) is 8.90. The summed E-state index contributed by atoms with van der Waals surface area (Å²) in [6.07, 6.45) is 4.18. The lowest BCUT2D eigenvalue weighted by Gasteiger charge is -2.23. The maximum absolute atomic E-state index is 12.8. The van der Waals surface area contributed by atoms with E-state index in [0.29, 0.717) is 13.1 Å². The molecule has 1 atom stereocenters. The predicted molar refractivity (Wildman–Crippen MR) is 100 cm³/mol. The molecule has 0 fully saturated rings. The van der Waals surface area contributed by atoms with Crippen LogP contribution < -0.4 is 5.32 Å². The van der Waals surface area contributed by atoms with Crippen molar-refractivity contribution in [3.8, 4) is 0 Å². The monoisotopic (exact) mass is 354 g/mol. The Morgan fingerprint density at radius 3 is 2.50 bits per heavy atom. The van der Waals surface area contributed by atoms with Gasteiger partial charge in [0.15, 0.2) is 0 Å². The molecule has 1 aromatic heterocycles. The number of hydrogen-bond acceptors (Lipinski definition) is 4. The largest absolute Gasteiger partial charge is 0.354 e. The molecule has 2 amide bonds. The van der Waals surface area contributed by atoms with Gasteiger partial charge in [0.25, 0.3) is 5.91 Å². The first kappa shape index (κ1) is 19.6. The molecular weight excluding hydrogens is 328 g/mol. The second kappa shape index (κ2) is 9.65. The van der Waals surface area contributed by atoms with Gasteiger partial charge in [-0.15, -0.1) is 0 Å². The number of carbonyl (C=O) groups excluding carboxylic acids is 2. The van der Waals surface area contributed by atoms with Crippen molar-refractivity contribution in [3.05, 3.63) is 59.7 Å². The van der Waals surface area contributed by atoms with E-state index in [1.807, 2.05) is 51.1 Å². The number of nitrogens with one attached hydrogen (secondary N) is 1. The quantitative estimate of drug-likeness (QED) is 0.791. The van der Waals surface area contributed by atoms with Gasteiger partial charge in [0.1, 0.15) is 5.69 Å². The number of carbonyl (C=O) groups is 2. The van der Waals surface area contributed by atoms with Crippen LogP contribution in [0.2, 0.25) is 0 Å². The van der Waals surface area contributed by atoms with Crippen LogP contribution in [-0.4, -0.2) is 39.3 Å². The van der Waals surface area contributed by atoms with Crippen molar-refractivity contribution in [2.24, 2.45) is 0 Å². The zero-order chi connectivity index (χ0) is 18.9. The molecule has 0 spiro atoms. The van der Waals surface area contributed by atoms with E-state index in [0.717, 1.165) is 17.7 Å². The van der Waals surface area contributed by atoms with E-state index < -0.39 is 0 Å². The molecule has 0 saturated heterocycles. The average Bonchev–Trinajstić information content (AvgIpc) is 2.65. The van der Waals surface area contributed by atoms with Crippen molar-refractivity contribution in [2.45, 2.75) is 46.2 Å². The summed E-state index contributed by atoms with van der Waals surface area (Å²) in [4.78, 5) is 34.9. The van der Waals surface area contributed by atoms with Crippen LogP contribution in [0.5, 0.6) is 0 Å². The van der Waals surface area contributed by atoms with Crippen molar-refractivity contribution in [1.29, 1.82) is 0 Å². The summed E-state index contributed by atoms with van der Waals surface area (Å²) in [5.41, 5.74) is 2.04. The molecule has 0 aliphatic carbocycles. The van der Waals surface area contributed by atoms with E-state index >= 15 is 0 Å². The van der Waals surface area contributed by atoms with Crippen molar-refractivity contribution in [2.75, 3.05) is 6.54 Å². The lowest BCUT2D eigenvalue weighted by molar-refractivity contribution is -0.121. The van der Waals surface area contributed by atoms with Crippen LogP contribution >= 0.6 is 0 Å². The topological polar surface area (TPSA) is 75.2 Å². The predicted octanol–water partition coefficient (Wildman–Crippen LogP) is 2.73. The summed E-state index contributed by atoms with van der Waals surface area (Å²) < 4.78 is 0. The van der Waals surface area contributed by atoms with Gasteiger partial charge in [-0.3, -0.25) is 14.6 Å².